The standard InChI is InChI=1S/C9H8F4/c1-2-6-3-4-7(5-8(6)10)9(11,12)13/h3-5H,2H2,1H3. The topological polar surface area (TPSA) is 0 Å². The number of benzene rings is 1. The summed E-state index contributed by atoms with van der Waals surface area (Å²) in [5.41, 5.74) is -0.643. The lowest BCUT2D eigenvalue weighted by molar-refractivity contribution is -0.137. The van der Waals surface area contributed by atoms with Crippen molar-refractivity contribution in [3.63, 3.8) is 0 Å². The molecular formula is C9H8F4. The number of alkyl halides is 3. The van der Waals surface area contributed by atoms with Gasteiger partial charge in [-0.15, -0.1) is 0 Å². The maximum Gasteiger partial charge on any atom is 0.416 e. The van der Waals surface area contributed by atoms with Gasteiger partial charge in [0, 0.05) is 0 Å². The Labute approximate surface area is 73.2 Å². The molecule has 1 aromatic carbocycles. The van der Waals surface area contributed by atoms with Crippen LogP contribution >= 0.6 is 0 Å². The molecule has 72 valence electrons. The van der Waals surface area contributed by atoms with Crippen molar-refractivity contribution in [2.75, 3.05) is 0 Å². The van der Waals surface area contributed by atoms with Crippen LogP contribution in [0, 0.1) is 5.82 Å². The summed E-state index contributed by atoms with van der Waals surface area (Å²) in [6.45, 7) is 1.69. The summed E-state index contributed by atoms with van der Waals surface area (Å²) in [7, 11) is 0. The van der Waals surface area contributed by atoms with Crippen LogP contribution in [0.1, 0.15) is 18.1 Å². The molecule has 0 aliphatic carbocycles. The summed E-state index contributed by atoms with van der Waals surface area (Å²) in [4.78, 5) is 0. The maximum atomic E-state index is 12.9. The van der Waals surface area contributed by atoms with Gasteiger partial charge in [-0.1, -0.05) is 13.0 Å². The van der Waals surface area contributed by atoms with Crippen LogP contribution in [0.2, 0.25) is 0 Å². The molecule has 1 aromatic rings. The largest absolute Gasteiger partial charge is 0.416 e. The molecule has 0 heterocycles. The molecule has 0 nitrogen and oxygen atoms in total. The van der Waals surface area contributed by atoms with E-state index in [2.05, 4.69) is 0 Å². The molecule has 0 saturated heterocycles. The van der Waals surface area contributed by atoms with Gasteiger partial charge in [-0.05, 0) is 24.1 Å². The highest BCUT2D eigenvalue weighted by molar-refractivity contribution is 5.26. The first kappa shape index (κ1) is 10.0. The average Bonchev–Trinajstić information content (AvgIpc) is 2.02. The molecule has 0 aliphatic heterocycles. The quantitative estimate of drug-likeness (QED) is 0.598. The van der Waals surface area contributed by atoms with Crippen molar-refractivity contribution in [1.82, 2.24) is 0 Å². The molecular weight excluding hydrogens is 184 g/mol. The molecule has 0 radical (unpaired) electrons. The van der Waals surface area contributed by atoms with Gasteiger partial charge in [0.15, 0.2) is 0 Å². The fourth-order valence-electron chi connectivity index (χ4n) is 1.01. The maximum absolute atomic E-state index is 12.9. The second-order valence-electron chi connectivity index (χ2n) is 2.66. The van der Waals surface area contributed by atoms with Gasteiger partial charge in [-0.25, -0.2) is 4.39 Å². The van der Waals surface area contributed by atoms with Gasteiger partial charge in [-0.2, -0.15) is 13.2 Å². The predicted octanol–water partition coefficient (Wildman–Crippen LogP) is 3.41. The molecule has 0 aliphatic rings. The van der Waals surface area contributed by atoms with Gasteiger partial charge in [0.2, 0.25) is 0 Å². The fourth-order valence-corrected chi connectivity index (χ4v) is 1.01. The van der Waals surface area contributed by atoms with Crippen LogP contribution in [0.25, 0.3) is 0 Å². The Kier molecular flexibility index (Phi) is 2.59. The first-order valence-electron chi connectivity index (χ1n) is 3.80. The first-order valence-corrected chi connectivity index (χ1v) is 3.80. The van der Waals surface area contributed by atoms with E-state index in [-0.39, 0.29) is 0 Å². The average molecular weight is 192 g/mol. The smallest absolute Gasteiger partial charge is 0.207 e. The third-order valence-electron chi connectivity index (χ3n) is 1.76. The van der Waals surface area contributed by atoms with Crippen LogP contribution in [0.15, 0.2) is 18.2 Å². The van der Waals surface area contributed by atoms with E-state index < -0.39 is 17.6 Å². The van der Waals surface area contributed by atoms with Crippen LogP contribution in [-0.4, -0.2) is 0 Å². The van der Waals surface area contributed by atoms with Gasteiger partial charge in [0.05, 0.1) is 5.56 Å². The number of rotatable bonds is 1. The number of halogens is 4. The molecule has 4 heteroatoms. The minimum absolute atomic E-state index is 0.299. The van der Waals surface area contributed by atoms with E-state index in [1.54, 1.807) is 6.92 Å². The Morgan fingerprint density at radius 1 is 1.23 bits per heavy atom. The molecule has 0 N–H and O–H groups in total. The number of hydrogen-bond donors (Lipinski definition) is 0. The normalized spacial score (nSPS) is 11.8. The Morgan fingerprint density at radius 2 is 1.85 bits per heavy atom. The minimum atomic E-state index is -4.47. The summed E-state index contributed by atoms with van der Waals surface area (Å²) >= 11 is 0. The number of aryl methyl sites for hydroxylation is 1. The highest BCUT2D eigenvalue weighted by Gasteiger charge is 2.30. The van der Waals surface area contributed by atoms with Crippen molar-refractivity contribution in [3.05, 3.63) is 35.1 Å². The van der Waals surface area contributed by atoms with Crippen molar-refractivity contribution < 1.29 is 17.6 Å². The summed E-state index contributed by atoms with van der Waals surface area (Å²) in [6.07, 6.45) is -4.07. The molecule has 0 atom stereocenters. The van der Waals surface area contributed by atoms with Gasteiger partial charge in [-0.3, -0.25) is 0 Å². The Balaban J connectivity index is 3.10. The second-order valence-corrected chi connectivity index (χ2v) is 2.66. The highest BCUT2D eigenvalue weighted by Crippen LogP contribution is 2.30. The molecule has 0 bridgehead atoms. The number of hydrogen-bond acceptors (Lipinski definition) is 0. The molecule has 0 aromatic heterocycles. The molecule has 1 rings (SSSR count). The van der Waals surface area contributed by atoms with Crippen LogP contribution in [-0.2, 0) is 12.6 Å². The van der Waals surface area contributed by atoms with Crippen molar-refractivity contribution in [2.24, 2.45) is 0 Å². The van der Waals surface area contributed by atoms with Crippen LogP contribution in [0.4, 0.5) is 17.6 Å². The first-order chi connectivity index (χ1) is 5.95. The lowest BCUT2D eigenvalue weighted by Gasteiger charge is -2.07. The molecule has 13 heavy (non-hydrogen) atoms. The summed E-state index contributed by atoms with van der Waals surface area (Å²) < 4.78 is 49.0. The van der Waals surface area contributed by atoms with Crippen molar-refractivity contribution >= 4 is 0 Å². The van der Waals surface area contributed by atoms with Gasteiger partial charge >= 0.3 is 6.18 Å². The van der Waals surface area contributed by atoms with E-state index in [1.807, 2.05) is 0 Å². The highest BCUT2D eigenvalue weighted by atomic mass is 19.4. The zero-order chi connectivity index (χ0) is 10.1. The fraction of sp³-hybridized carbons (Fsp3) is 0.333. The molecule has 0 saturated carbocycles. The minimum Gasteiger partial charge on any atom is -0.207 e. The summed E-state index contributed by atoms with van der Waals surface area (Å²) in [5, 5.41) is 0. The van der Waals surface area contributed by atoms with Crippen molar-refractivity contribution in [1.29, 1.82) is 0 Å². The van der Waals surface area contributed by atoms with Crippen molar-refractivity contribution in [3.8, 4) is 0 Å². The molecule has 0 fully saturated rings. The molecule has 0 amide bonds. The van der Waals surface area contributed by atoms with Crippen LogP contribution in [0.5, 0.6) is 0 Å². The predicted molar refractivity (Wildman–Crippen MR) is 40.8 cm³/mol. The van der Waals surface area contributed by atoms with E-state index in [1.165, 1.54) is 0 Å². The zero-order valence-electron chi connectivity index (χ0n) is 6.95. The van der Waals surface area contributed by atoms with E-state index in [0.717, 1.165) is 12.1 Å². The van der Waals surface area contributed by atoms with Crippen molar-refractivity contribution in [2.45, 2.75) is 19.5 Å². The van der Waals surface area contributed by atoms with E-state index >= 15 is 0 Å². The summed E-state index contributed by atoms with van der Waals surface area (Å²) in [5.74, 6) is -0.794. The monoisotopic (exact) mass is 192 g/mol. The van der Waals surface area contributed by atoms with Crippen LogP contribution in [0.3, 0.4) is 0 Å². The lowest BCUT2D eigenvalue weighted by Crippen LogP contribution is -2.05. The SMILES string of the molecule is CCc1ccc(C(F)(F)F)cc1F. The lowest BCUT2D eigenvalue weighted by atomic mass is 10.1. The van der Waals surface area contributed by atoms with Gasteiger partial charge in [0.25, 0.3) is 0 Å². The summed E-state index contributed by atoms with van der Waals surface area (Å²) in [6, 6.07) is 2.58. The van der Waals surface area contributed by atoms with Gasteiger partial charge in [0.1, 0.15) is 5.82 Å². The third-order valence-corrected chi connectivity index (χ3v) is 1.76. The second kappa shape index (κ2) is 3.36. The van der Waals surface area contributed by atoms with E-state index in [0.29, 0.717) is 18.1 Å². The Morgan fingerprint density at radius 3 is 2.23 bits per heavy atom. The Hall–Kier alpha value is -1.06. The van der Waals surface area contributed by atoms with E-state index in [9.17, 15) is 17.6 Å². The van der Waals surface area contributed by atoms with Gasteiger partial charge < -0.3 is 0 Å². The van der Waals surface area contributed by atoms with Crippen LogP contribution < -0.4 is 0 Å². The molecule has 0 unspecified atom stereocenters. The zero-order valence-corrected chi connectivity index (χ0v) is 6.95. The molecule has 0 spiro atoms. The van der Waals surface area contributed by atoms with E-state index in [4.69, 9.17) is 0 Å². The third kappa shape index (κ3) is 2.20. The Bertz CT molecular complexity index is 301.